The number of rotatable bonds is 5. The zero-order valence-electron chi connectivity index (χ0n) is 13.6. The Morgan fingerprint density at radius 1 is 1.05 bits per heavy atom. The molecule has 1 atom stereocenters. The lowest BCUT2D eigenvalue weighted by Crippen LogP contribution is -2.41. The zero-order chi connectivity index (χ0) is 15.7. The van der Waals surface area contributed by atoms with E-state index in [1.165, 1.54) is 0 Å². The van der Waals surface area contributed by atoms with Crippen molar-refractivity contribution in [2.75, 3.05) is 5.75 Å². The van der Waals surface area contributed by atoms with Crippen molar-refractivity contribution >= 4 is 23.4 Å². The van der Waals surface area contributed by atoms with Gasteiger partial charge in [0, 0.05) is 10.6 Å². The molecule has 1 saturated heterocycles. The molecule has 0 spiro atoms. The lowest BCUT2D eigenvalue weighted by Gasteiger charge is -2.32. The van der Waals surface area contributed by atoms with Gasteiger partial charge >= 0.3 is 7.12 Å². The largest absolute Gasteiger partial charge is 0.494 e. The molecule has 1 aliphatic heterocycles. The standard InChI is InChI=1S/C16H25BO3S/c1-6-7-12-21(18)14-10-8-13(9-11-14)17-19-15(2,3)16(4,5)20-17/h8-11H,6-7,12H2,1-5H3. The average molecular weight is 308 g/mol. The van der Waals surface area contributed by atoms with E-state index in [-0.39, 0.29) is 18.3 Å². The molecule has 116 valence electrons. The molecule has 21 heavy (non-hydrogen) atoms. The summed E-state index contributed by atoms with van der Waals surface area (Å²) in [5, 5.41) is 0. The molecule has 0 aromatic heterocycles. The molecule has 1 aromatic carbocycles. The van der Waals surface area contributed by atoms with Gasteiger partial charge in [0.1, 0.15) is 0 Å². The van der Waals surface area contributed by atoms with Crippen molar-refractivity contribution in [2.45, 2.75) is 63.6 Å². The van der Waals surface area contributed by atoms with Crippen LogP contribution in [0.1, 0.15) is 47.5 Å². The predicted molar refractivity (Wildman–Crippen MR) is 88.3 cm³/mol. The second-order valence-corrected chi connectivity index (χ2v) is 8.13. The molecule has 2 rings (SSSR count). The molecule has 0 radical (unpaired) electrons. The molecule has 1 fully saturated rings. The Morgan fingerprint density at radius 3 is 2.05 bits per heavy atom. The SMILES string of the molecule is CCCCS(=O)c1ccc(B2OC(C)(C)C(C)(C)O2)cc1. The summed E-state index contributed by atoms with van der Waals surface area (Å²) < 4.78 is 24.1. The second-order valence-electron chi connectivity index (χ2n) is 6.56. The smallest absolute Gasteiger partial charge is 0.399 e. The molecular formula is C16H25BO3S. The van der Waals surface area contributed by atoms with Gasteiger partial charge < -0.3 is 9.31 Å². The first-order valence-electron chi connectivity index (χ1n) is 7.61. The van der Waals surface area contributed by atoms with Crippen LogP contribution in [0, 0.1) is 0 Å². The van der Waals surface area contributed by atoms with Crippen LogP contribution in [0.5, 0.6) is 0 Å². The van der Waals surface area contributed by atoms with Gasteiger partial charge in [0.05, 0.1) is 22.0 Å². The Bertz CT molecular complexity index is 495. The van der Waals surface area contributed by atoms with E-state index in [0.717, 1.165) is 29.0 Å². The first kappa shape index (κ1) is 16.7. The molecule has 0 saturated carbocycles. The van der Waals surface area contributed by atoms with E-state index in [1.807, 2.05) is 52.0 Å². The van der Waals surface area contributed by atoms with E-state index in [1.54, 1.807) is 0 Å². The third-order valence-corrected chi connectivity index (χ3v) is 5.81. The molecule has 1 heterocycles. The van der Waals surface area contributed by atoms with Crippen molar-refractivity contribution in [2.24, 2.45) is 0 Å². The van der Waals surface area contributed by atoms with Gasteiger partial charge in [-0.25, -0.2) is 0 Å². The molecule has 3 nitrogen and oxygen atoms in total. The Labute approximate surface area is 131 Å². The minimum Gasteiger partial charge on any atom is -0.399 e. The summed E-state index contributed by atoms with van der Waals surface area (Å²) in [6, 6.07) is 7.76. The van der Waals surface area contributed by atoms with Crippen molar-refractivity contribution in [3.8, 4) is 0 Å². The van der Waals surface area contributed by atoms with Gasteiger partial charge in [0.15, 0.2) is 0 Å². The minimum atomic E-state index is -0.905. The first-order chi connectivity index (χ1) is 9.77. The van der Waals surface area contributed by atoms with Crippen LogP contribution in [-0.2, 0) is 20.1 Å². The molecule has 0 bridgehead atoms. The summed E-state index contributed by atoms with van der Waals surface area (Å²) in [5.74, 6) is 0.729. The summed E-state index contributed by atoms with van der Waals surface area (Å²) in [6.07, 6.45) is 2.06. The van der Waals surface area contributed by atoms with Crippen LogP contribution >= 0.6 is 0 Å². The zero-order valence-corrected chi connectivity index (χ0v) is 14.5. The average Bonchev–Trinajstić information content (AvgIpc) is 2.65. The van der Waals surface area contributed by atoms with Crippen LogP contribution in [0.4, 0.5) is 0 Å². The van der Waals surface area contributed by atoms with Crippen LogP contribution < -0.4 is 5.46 Å². The maximum absolute atomic E-state index is 12.1. The van der Waals surface area contributed by atoms with Gasteiger partial charge in [-0.3, -0.25) is 4.21 Å². The molecule has 1 unspecified atom stereocenters. The third kappa shape index (κ3) is 3.58. The van der Waals surface area contributed by atoms with Crippen LogP contribution in [0.15, 0.2) is 29.2 Å². The van der Waals surface area contributed by atoms with E-state index in [4.69, 9.17) is 9.31 Å². The monoisotopic (exact) mass is 308 g/mol. The summed E-state index contributed by atoms with van der Waals surface area (Å²) in [6.45, 7) is 10.3. The van der Waals surface area contributed by atoms with Crippen LogP contribution in [0.25, 0.3) is 0 Å². The normalized spacial score (nSPS) is 21.5. The topological polar surface area (TPSA) is 35.5 Å². The summed E-state index contributed by atoms with van der Waals surface area (Å²) in [5.41, 5.74) is 0.311. The molecule has 1 aliphatic rings. The quantitative estimate of drug-likeness (QED) is 0.785. The summed E-state index contributed by atoms with van der Waals surface area (Å²) >= 11 is 0. The van der Waals surface area contributed by atoms with Gasteiger partial charge in [0.25, 0.3) is 0 Å². The predicted octanol–water partition coefficient (Wildman–Crippen LogP) is 2.89. The highest BCUT2D eigenvalue weighted by Gasteiger charge is 2.51. The van der Waals surface area contributed by atoms with Gasteiger partial charge in [-0.2, -0.15) is 0 Å². The highest BCUT2D eigenvalue weighted by molar-refractivity contribution is 7.85. The molecule has 0 aliphatic carbocycles. The van der Waals surface area contributed by atoms with Gasteiger partial charge in [-0.1, -0.05) is 25.5 Å². The molecule has 0 amide bonds. The summed E-state index contributed by atoms with van der Waals surface area (Å²) in [7, 11) is -1.26. The van der Waals surface area contributed by atoms with Gasteiger partial charge in [0.2, 0.25) is 0 Å². The van der Waals surface area contributed by atoms with E-state index in [9.17, 15) is 4.21 Å². The highest BCUT2D eigenvalue weighted by Crippen LogP contribution is 2.36. The number of unbranched alkanes of at least 4 members (excludes halogenated alkanes) is 1. The van der Waals surface area contributed by atoms with Crippen molar-refractivity contribution < 1.29 is 13.5 Å². The van der Waals surface area contributed by atoms with Crippen molar-refractivity contribution in [3.05, 3.63) is 24.3 Å². The van der Waals surface area contributed by atoms with Crippen molar-refractivity contribution in [3.63, 3.8) is 0 Å². The Balaban J connectivity index is 2.09. The fraction of sp³-hybridized carbons (Fsp3) is 0.625. The van der Waals surface area contributed by atoms with E-state index >= 15 is 0 Å². The molecule has 1 aromatic rings. The fourth-order valence-corrected chi connectivity index (χ4v) is 3.38. The number of hydrogen-bond acceptors (Lipinski definition) is 3. The van der Waals surface area contributed by atoms with Gasteiger partial charge in [-0.15, -0.1) is 0 Å². The second kappa shape index (κ2) is 6.23. The minimum absolute atomic E-state index is 0.333. The van der Waals surface area contributed by atoms with Crippen molar-refractivity contribution in [1.29, 1.82) is 0 Å². The fourth-order valence-electron chi connectivity index (χ4n) is 2.15. The molecule has 0 N–H and O–H groups in total. The van der Waals surface area contributed by atoms with Crippen LogP contribution in [0.2, 0.25) is 0 Å². The highest BCUT2D eigenvalue weighted by atomic mass is 32.2. The van der Waals surface area contributed by atoms with Gasteiger partial charge in [-0.05, 0) is 51.7 Å². The maximum atomic E-state index is 12.1. The maximum Gasteiger partial charge on any atom is 0.494 e. The molecular weight excluding hydrogens is 283 g/mol. The number of benzene rings is 1. The lowest BCUT2D eigenvalue weighted by atomic mass is 9.79. The lowest BCUT2D eigenvalue weighted by molar-refractivity contribution is 0.00578. The van der Waals surface area contributed by atoms with E-state index in [2.05, 4.69) is 6.92 Å². The Morgan fingerprint density at radius 2 is 1.57 bits per heavy atom. The van der Waals surface area contributed by atoms with Crippen LogP contribution in [0.3, 0.4) is 0 Å². The van der Waals surface area contributed by atoms with Crippen LogP contribution in [-0.4, -0.2) is 28.3 Å². The van der Waals surface area contributed by atoms with E-state index in [0.29, 0.717) is 0 Å². The van der Waals surface area contributed by atoms with Crippen molar-refractivity contribution in [1.82, 2.24) is 0 Å². The third-order valence-electron chi connectivity index (χ3n) is 4.35. The van der Waals surface area contributed by atoms with E-state index < -0.39 is 10.8 Å². The Kier molecular flexibility index (Phi) is 4.96. The summed E-state index contributed by atoms with van der Waals surface area (Å²) in [4.78, 5) is 0.878. The molecule has 5 heteroatoms. The number of hydrogen-bond donors (Lipinski definition) is 0. The Hall–Kier alpha value is -0.645. The first-order valence-corrected chi connectivity index (χ1v) is 8.93.